The predicted molar refractivity (Wildman–Crippen MR) is 116 cm³/mol. The maximum atomic E-state index is 5.85. The second-order valence-electron chi connectivity index (χ2n) is 6.95. The van der Waals surface area contributed by atoms with Crippen LogP contribution in [0.4, 0.5) is 0 Å². The molecule has 0 amide bonds. The summed E-state index contributed by atoms with van der Waals surface area (Å²) < 4.78 is 22.4. The molecule has 1 heterocycles. The van der Waals surface area contributed by atoms with Gasteiger partial charge in [0.05, 0.1) is 27.4 Å². The van der Waals surface area contributed by atoms with E-state index in [0.29, 0.717) is 23.8 Å². The molecule has 1 aliphatic rings. The Morgan fingerprint density at radius 1 is 1.18 bits per heavy atom. The van der Waals surface area contributed by atoms with Crippen LogP contribution in [0.5, 0.6) is 17.2 Å². The van der Waals surface area contributed by atoms with Crippen LogP contribution in [0.1, 0.15) is 44.6 Å². The van der Waals surface area contributed by atoms with Crippen molar-refractivity contribution in [2.75, 3.05) is 41.0 Å². The van der Waals surface area contributed by atoms with Crippen LogP contribution in [0.25, 0.3) is 0 Å². The summed E-state index contributed by atoms with van der Waals surface area (Å²) in [4.78, 5) is 2.17. The molecular formula is C21H34N2O4S. The van der Waals surface area contributed by atoms with Crippen molar-refractivity contribution in [3.05, 3.63) is 17.7 Å². The molecule has 1 atom stereocenters. The molecule has 0 saturated carbocycles. The molecule has 0 aliphatic carbocycles. The molecule has 0 aromatic heterocycles. The smallest absolute Gasteiger partial charge is 0.203 e. The van der Waals surface area contributed by atoms with E-state index in [1.54, 1.807) is 21.3 Å². The van der Waals surface area contributed by atoms with Gasteiger partial charge in [-0.05, 0) is 43.6 Å². The third-order valence-corrected chi connectivity index (χ3v) is 5.34. The SMILES string of the molecule is CCCCCNC(=S)N(Cc1ccc(OC)c(OC)c1OC)C[C@H]1CCCO1. The highest BCUT2D eigenvalue weighted by molar-refractivity contribution is 7.80. The molecule has 0 radical (unpaired) electrons. The van der Waals surface area contributed by atoms with E-state index in [4.69, 9.17) is 31.2 Å². The third kappa shape index (κ3) is 6.14. The van der Waals surface area contributed by atoms with E-state index >= 15 is 0 Å². The molecule has 0 spiro atoms. The Morgan fingerprint density at radius 3 is 2.57 bits per heavy atom. The lowest BCUT2D eigenvalue weighted by Crippen LogP contribution is -2.43. The minimum atomic E-state index is 0.210. The Balaban J connectivity index is 2.17. The number of nitrogens with one attached hydrogen (secondary N) is 1. The van der Waals surface area contributed by atoms with Gasteiger partial charge in [0.15, 0.2) is 16.6 Å². The molecule has 1 fully saturated rings. The van der Waals surface area contributed by atoms with Crippen molar-refractivity contribution in [2.45, 2.75) is 51.7 Å². The Hall–Kier alpha value is -1.73. The monoisotopic (exact) mass is 410 g/mol. The molecule has 2 rings (SSSR count). The maximum Gasteiger partial charge on any atom is 0.203 e. The fourth-order valence-corrected chi connectivity index (χ4v) is 3.67. The maximum absolute atomic E-state index is 5.85. The normalized spacial score (nSPS) is 15.9. The highest BCUT2D eigenvalue weighted by Gasteiger charge is 2.23. The second kappa shape index (κ2) is 12.0. The van der Waals surface area contributed by atoms with Gasteiger partial charge in [-0.2, -0.15) is 0 Å². The number of unbranched alkanes of at least 4 members (excludes halogenated alkanes) is 2. The molecule has 0 unspecified atom stereocenters. The highest BCUT2D eigenvalue weighted by atomic mass is 32.1. The number of benzene rings is 1. The van der Waals surface area contributed by atoms with Crippen molar-refractivity contribution in [3.63, 3.8) is 0 Å². The van der Waals surface area contributed by atoms with Crippen molar-refractivity contribution < 1.29 is 18.9 Å². The van der Waals surface area contributed by atoms with Crippen LogP contribution in [-0.2, 0) is 11.3 Å². The lowest BCUT2D eigenvalue weighted by atomic mass is 10.1. The molecule has 7 heteroatoms. The first-order valence-corrected chi connectivity index (χ1v) is 10.5. The van der Waals surface area contributed by atoms with E-state index in [1.165, 1.54) is 12.8 Å². The van der Waals surface area contributed by atoms with Crippen LogP contribution in [0.2, 0.25) is 0 Å². The summed E-state index contributed by atoms with van der Waals surface area (Å²) in [7, 11) is 4.89. The van der Waals surface area contributed by atoms with Gasteiger partial charge in [0.2, 0.25) is 5.75 Å². The number of thiocarbonyl (C=S) groups is 1. The molecule has 1 aromatic rings. The van der Waals surface area contributed by atoms with Gasteiger partial charge < -0.3 is 29.2 Å². The summed E-state index contributed by atoms with van der Waals surface area (Å²) in [6.07, 6.45) is 5.89. The first-order chi connectivity index (χ1) is 13.6. The number of hydrogen-bond donors (Lipinski definition) is 1. The van der Waals surface area contributed by atoms with Gasteiger partial charge in [0, 0.05) is 31.8 Å². The van der Waals surface area contributed by atoms with Crippen molar-refractivity contribution in [3.8, 4) is 17.2 Å². The van der Waals surface area contributed by atoms with Crippen LogP contribution in [0, 0.1) is 0 Å². The first kappa shape index (κ1) is 22.6. The fourth-order valence-electron chi connectivity index (χ4n) is 3.43. The zero-order chi connectivity index (χ0) is 20.4. The average molecular weight is 411 g/mol. The van der Waals surface area contributed by atoms with E-state index in [9.17, 15) is 0 Å². The molecule has 1 N–H and O–H groups in total. The Kier molecular flexibility index (Phi) is 9.64. The standard InChI is InChI=1S/C21H34N2O4S/c1-5-6-7-12-22-21(28)23(15-17-9-8-13-27-17)14-16-10-11-18(24-2)20(26-4)19(16)25-3/h10-11,17H,5-9,12-15H2,1-4H3,(H,22,28)/t17-/m1/s1. The topological polar surface area (TPSA) is 52.2 Å². The molecule has 1 saturated heterocycles. The van der Waals surface area contributed by atoms with Gasteiger partial charge in [-0.3, -0.25) is 0 Å². The van der Waals surface area contributed by atoms with E-state index in [2.05, 4.69) is 17.1 Å². The highest BCUT2D eigenvalue weighted by Crippen LogP contribution is 2.40. The molecule has 28 heavy (non-hydrogen) atoms. The average Bonchev–Trinajstić information content (AvgIpc) is 3.23. The number of ether oxygens (including phenoxy) is 4. The van der Waals surface area contributed by atoms with Gasteiger partial charge in [-0.1, -0.05) is 19.8 Å². The Labute approximate surface area is 174 Å². The molecule has 1 aromatic carbocycles. The zero-order valence-electron chi connectivity index (χ0n) is 17.6. The zero-order valence-corrected chi connectivity index (χ0v) is 18.4. The molecular weight excluding hydrogens is 376 g/mol. The summed E-state index contributed by atoms with van der Waals surface area (Å²) >= 11 is 5.71. The van der Waals surface area contributed by atoms with Crippen LogP contribution < -0.4 is 19.5 Å². The summed E-state index contributed by atoms with van der Waals surface area (Å²) in [5.74, 6) is 1.92. The van der Waals surface area contributed by atoms with Gasteiger partial charge in [0.1, 0.15) is 0 Å². The van der Waals surface area contributed by atoms with Gasteiger partial charge in [-0.25, -0.2) is 0 Å². The molecule has 0 bridgehead atoms. The van der Waals surface area contributed by atoms with Crippen LogP contribution in [0.3, 0.4) is 0 Å². The van der Waals surface area contributed by atoms with Crippen molar-refractivity contribution >= 4 is 17.3 Å². The summed E-state index contributed by atoms with van der Waals surface area (Å²) in [5.41, 5.74) is 0.996. The lowest BCUT2D eigenvalue weighted by molar-refractivity contribution is 0.0895. The van der Waals surface area contributed by atoms with E-state index in [0.717, 1.165) is 49.6 Å². The van der Waals surface area contributed by atoms with Crippen molar-refractivity contribution in [1.82, 2.24) is 10.2 Å². The summed E-state index contributed by atoms with van der Waals surface area (Å²) in [6, 6.07) is 3.90. The van der Waals surface area contributed by atoms with Gasteiger partial charge >= 0.3 is 0 Å². The molecule has 6 nitrogen and oxygen atoms in total. The Morgan fingerprint density at radius 2 is 1.96 bits per heavy atom. The van der Waals surface area contributed by atoms with Crippen LogP contribution in [0.15, 0.2) is 12.1 Å². The number of hydrogen-bond acceptors (Lipinski definition) is 5. The van der Waals surface area contributed by atoms with E-state index < -0.39 is 0 Å². The first-order valence-electron chi connectivity index (χ1n) is 10.1. The van der Waals surface area contributed by atoms with Crippen molar-refractivity contribution in [1.29, 1.82) is 0 Å². The molecule has 1 aliphatic heterocycles. The van der Waals surface area contributed by atoms with E-state index in [-0.39, 0.29) is 6.10 Å². The van der Waals surface area contributed by atoms with E-state index in [1.807, 2.05) is 12.1 Å². The largest absolute Gasteiger partial charge is 0.493 e. The van der Waals surface area contributed by atoms with Crippen LogP contribution >= 0.6 is 12.2 Å². The van der Waals surface area contributed by atoms with Crippen LogP contribution in [-0.4, -0.2) is 57.1 Å². The summed E-state index contributed by atoms with van der Waals surface area (Å²) in [5, 5.41) is 4.16. The fraction of sp³-hybridized carbons (Fsp3) is 0.667. The summed E-state index contributed by atoms with van der Waals surface area (Å²) in [6.45, 7) is 5.29. The van der Waals surface area contributed by atoms with Gasteiger partial charge in [0.25, 0.3) is 0 Å². The van der Waals surface area contributed by atoms with Gasteiger partial charge in [-0.15, -0.1) is 0 Å². The third-order valence-electron chi connectivity index (χ3n) is 4.94. The number of rotatable bonds is 11. The Bertz CT molecular complexity index is 621. The molecule has 158 valence electrons. The minimum Gasteiger partial charge on any atom is -0.493 e. The predicted octanol–water partition coefficient (Wildman–Crippen LogP) is 3.76. The minimum absolute atomic E-state index is 0.210. The lowest BCUT2D eigenvalue weighted by Gasteiger charge is -2.29. The number of nitrogens with zero attached hydrogens (tertiary/aromatic N) is 1. The number of methoxy groups -OCH3 is 3. The van der Waals surface area contributed by atoms with Crippen molar-refractivity contribution in [2.24, 2.45) is 0 Å². The second-order valence-corrected chi connectivity index (χ2v) is 7.33. The quantitative estimate of drug-likeness (QED) is 0.440.